The Morgan fingerprint density at radius 1 is 1.29 bits per heavy atom. The van der Waals surface area contributed by atoms with E-state index >= 15 is 0 Å². The lowest BCUT2D eigenvalue weighted by atomic mass is 9.89. The van der Waals surface area contributed by atoms with Gasteiger partial charge in [0.2, 0.25) is 10.0 Å². The Morgan fingerprint density at radius 2 is 1.86 bits per heavy atom. The molecule has 1 aliphatic rings. The van der Waals surface area contributed by atoms with E-state index in [4.69, 9.17) is 9.88 Å². The summed E-state index contributed by atoms with van der Waals surface area (Å²) in [6.07, 6.45) is 0.227. The second kappa shape index (κ2) is 8.34. The van der Waals surface area contributed by atoms with Gasteiger partial charge in [-0.05, 0) is 51.7 Å². The summed E-state index contributed by atoms with van der Waals surface area (Å²) in [5.74, 6) is -1.35. The molecule has 0 aromatic heterocycles. The Labute approximate surface area is 165 Å². The SMILES string of the molecule is CC(C)(C)OC(=O)N1CCC(C(c2ccc(S(N)(=O)=O)cc2F)[SH](=O)=O)CC1. The summed E-state index contributed by atoms with van der Waals surface area (Å²) in [6, 6.07) is 2.97. The average molecular weight is 437 g/mol. The topological polar surface area (TPSA) is 124 Å². The average Bonchev–Trinajstić information content (AvgIpc) is 2.54. The van der Waals surface area contributed by atoms with Crippen molar-refractivity contribution in [2.24, 2.45) is 11.1 Å². The van der Waals surface area contributed by atoms with Crippen LogP contribution in [0.5, 0.6) is 0 Å². The number of hydrogen-bond acceptors (Lipinski definition) is 6. The standard InChI is InChI=1S/C17H25FN2O6S2/c1-17(2,3)26-16(21)20-8-6-11(7-9-20)15(27(22)23)13-5-4-12(10-14(13)18)28(19,24)25/h4-5,10-11,15,27H,6-9H2,1-3H3,(H2,19,24,25). The molecule has 0 aliphatic carbocycles. The van der Waals surface area contributed by atoms with Crippen molar-refractivity contribution in [3.05, 3.63) is 29.6 Å². The fourth-order valence-corrected chi connectivity index (χ4v) is 4.79. The maximum atomic E-state index is 14.5. The lowest BCUT2D eigenvalue weighted by Crippen LogP contribution is -2.42. The molecule has 28 heavy (non-hydrogen) atoms. The molecule has 2 rings (SSSR count). The van der Waals surface area contributed by atoms with Gasteiger partial charge in [-0.1, -0.05) is 6.07 Å². The quantitative estimate of drug-likeness (QED) is 0.694. The summed E-state index contributed by atoms with van der Waals surface area (Å²) in [5, 5.41) is 3.86. The van der Waals surface area contributed by atoms with Crippen molar-refractivity contribution in [3.8, 4) is 0 Å². The molecule has 1 saturated heterocycles. The van der Waals surface area contributed by atoms with Crippen LogP contribution in [0.4, 0.5) is 9.18 Å². The highest BCUT2D eigenvalue weighted by Crippen LogP contribution is 2.35. The lowest BCUT2D eigenvalue weighted by Gasteiger charge is -2.35. The monoisotopic (exact) mass is 436 g/mol. The van der Waals surface area contributed by atoms with E-state index in [0.717, 1.165) is 18.2 Å². The van der Waals surface area contributed by atoms with Crippen LogP contribution in [-0.2, 0) is 25.5 Å². The molecule has 2 N–H and O–H groups in total. The van der Waals surface area contributed by atoms with Crippen LogP contribution in [0.3, 0.4) is 0 Å². The van der Waals surface area contributed by atoms with Crippen LogP contribution in [0.15, 0.2) is 23.1 Å². The zero-order valence-electron chi connectivity index (χ0n) is 15.9. The molecule has 0 spiro atoms. The van der Waals surface area contributed by atoms with Crippen molar-refractivity contribution in [3.63, 3.8) is 0 Å². The predicted molar refractivity (Wildman–Crippen MR) is 101 cm³/mol. The number of likely N-dealkylation sites (tertiary alicyclic amines) is 1. The Balaban J connectivity index is 2.18. The number of amides is 1. The van der Waals surface area contributed by atoms with E-state index in [1.54, 1.807) is 20.8 Å². The van der Waals surface area contributed by atoms with Gasteiger partial charge in [0.05, 0.1) is 10.1 Å². The molecule has 0 saturated carbocycles. The Bertz CT molecular complexity index is 908. The molecule has 1 aromatic rings. The van der Waals surface area contributed by atoms with Crippen LogP contribution < -0.4 is 5.14 Å². The van der Waals surface area contributed by atoms with E-state index in [-0.39, 0.29) is 18.7 Å². The number of hydrogen-bond donors (Lipinski definition) is 2. The molecule has 0 radical (unpaired) electrons. The second-order valence-corrected chi connectivity index (χ2v) is 10.5. The molecular formula is C17H25FN2O6S2. The number of sulfonamides is 1. The van der Waals surface area contributed by atoms with Gasteiger partial charge < -0.3 is 9.64 Å². The van der Waals surface area contributed by atoms with Gasteiger partial charge in [-0.2, -0.15) is 0 Å². The number of benzene rings is 1. The first-order valence-corrected chi connectivity index (χ1v) is 11.5. The van der Waals surface area contributed by atoms with Crippen molar-refractivity contribution in [1.29, 1.82) is 0 Å². The van der Waals surface area contributed by atoms with Crippen LogP contribution in [-0.4, -0.2) is 46.5 Å². The number of nitrogens with two attached hydrogens (primary N) is 1. The number of nitrogens with zero attached hydrogens (tertiary/aromatic N) is 1. The third kappa shape index (κ3) is 5.65. The van der Waals surface area contributed by atoms with Gasteiger partial charge in [-0.25, -0.2) is 31.2 Å². The van der Waals surface area contributed by atoms with Crippen molar-refractivity contribution in [2.75, 3.05) is 13.1 Å². The summed E-state index contributed by atoms with van der Waals surface area (Å²) in [4.78, 5) is 13.2. The summed E-state index contributed by atoms with van der Waals surface area (Å²) >= 11 is 0. The van der Waals surface area contributed by atoms with Crippen LogP contribution >= 0.6 is 0 Å². The van der Waals surface area contributed by atoms with Gasteiger partial charge in [0, 0.05) is 18.7 Å². The van der Waals surface area contributed by atoms with E-state index in [1.165, 1.54) is 4.90 Å². The number of halogens is 1. The fourth-order valence-electron chi connectivity index (χ4n) is 3.19. The third-order valence-corrected chi connectivity index (χ3v) is 6.55. The number of rotatable bonds is 4. The Kier molecular flexibility index (Phi) is 6.72. The minimum Gasteiger partial charge on any atom is -0.444 e. The molecule has 1 unspecified atom stereocenters. The van der Waals surface area contributed by atoms with Crippen LogP contribution in [0.1, 0.15) is 44.4 Å². The zero-order chi connectivity index (χ0) is 21.3. The van der Waals surface area contributed by atoms with E-state index in [2.05, 4.69) is 0 Å². The summed E-state index contributed by atoms with van der Waals surface area (Å²) < 4.78 is 66.2. The number of ether oxygens (including phenoxy) is 1. The minimum absolute atomic E-state index is 0.0979. The van der Waals surface area contributed by atoms with Crippen LogP contribution in [0, 0.1) is 11.7 Å². The first-order valence-electron chi connectivity index (χ1n) is 8.73. The molecule has 1 fully saturated rings. The van der Waals surface area contributed by atoms with Gasteiger partial charge in [0.25, 0.3) is 0 Å². The molecule has 1 atom stereocenters. The van der Waals surface area contributed by atoms with Gasteiger partial charge in [0.1, 0.15) is 22.1 Å². The zero-order valence-corrected chi connectivity index (χ0v) is 17.6. The largest absolute Gasteiger partial charge is 0.444 e. The number of carbonyl (C=O) groups is 1. The van der Waals surface area contributed by atoms with Gasteiger partial charge >= 0.3 is 6.09 Å². The van der Waals surface area contributed by atoms with Crippen molar-refractivity contribution >= 4 is 26.8 Å². The number of carbonyl (C=O) groups excluding carboxylic acids is 1. The first-order chi connectivity index (χ1) is 12.8. The van der Waals surface area contributed by atoms with Gasteiger partial charge in [-0.3, -0.25) is 0 Å². The molecule has 1 aliphatic heterocycles. The molecule has 1 heterocycles. The highest BCUT2D eigenvalue weighted by molar-refractivity contribution is 7.89. The Morgan fingerprint density at radius 3 is 2.29 bits per heavy atom. The Hall–Kier alpha value is -1.72. The predicted octanol–water partition coefficient (Wildman–Crippen LogP) is 1.77. The summed E-state index contributed by atoms with van der Waals surface area (Å²) in [6.45, 7) is 5.84. The number of thiol groups is 1. The normalized spacial score (nSPS) is 17.6. The van der Waals surface area contributed by atoms with Crippen LogP contribution in [0.25, 0.3) is 0 Å². The number of piperidine rings is 1. The molecule has 11 heteroatoms. The van der Waals surface area contributed by atoms with E-state index in [9.17, 15) is 26.0 Å². The highest BCUT2D eigenvalue weighted by atomic mass is 32.2. The van der Waals surface area contributed by atoms with E-state index < -0.39 is 54.3 Å². The molecule has 8 nitrogen and oxygen atoms in total. The maximum Gasteiger partial charge on any atom is 0.410 e. The molecule has 1 amide bonds. The minimum atomic E-state index is -4.09. The molecule has 1 aromatic carbocycles. The van der Waals surface area contributed by atoms with Crippen molar-refractivity contribution < 1.29 is 30.8 Å². The third-order valence-electron chi connectivity index (χ3n) is 4.48. The second-order valence-electron chi connectivity index (χ2n) is 7.76. The number of primary sulfonamides is 1. The summed E-state index contributed by atoms with van der Waals surface area (Å²) in [7, 11) is -7.12. The van der Waals surface area contributed by atoms with Crippen molar-refractivity contribution in [2.45, 2.75) is 49.4 Å². The molecule has 158 valence electrons. The molecule has 0 bridgehead atoms. The maximum absolute atomic E-state index is 14.5. The highest BCUT2D eigenvalue weighted by Gasteiger charge is 2.34. The van der Waals surface area contributed by atoms with E-state index in [0.29, 0.717) is 12.8 Å². The van der Waals surface area contributed by atoms with Crippen LogP contribution in [0.2, 0.25) is 0 Å². The van der Waals surface area contributed by atoms with Gasteiger partial charge in [-0.15, -0.1) is 0 Å². The summed E-state index contributed by atoms with van der Waals surface area (Å²) in [5.41, 5.74) is -0.734. The lowest BCUT2D eigenvalue weighted by molar-refractivity contribution is 0.0182. The van der Waals surface area contributed by atoms with E-state index in [1.807, 2.05) is 0 Å². The smallest absolute Gasteiger partial charge is 0.410 e. The van der Waals surface area contributed by atoms with Crippen molar-refractivity contribution in [1.82, 2.24) is 4.90 Å². The fraction of sp³-hybridized carbons (Fsp3) is 0.588. The van der Waals surface area contributed by atoms with Gasteiger partial charge in [0.15, 0.2) is 0 Å². The molecular weight excluding hydrogens is 411 g/mol. The first kappa shape index (κ1) is 22.6.